The molecule has 2 unspecified atom stereocenters. The minimum absolute atomic E-state index is 0.0700. The van der Waals surface area contributed by atoms with E-state index in [-0.39, 0.29) is 37.0 Å². The van der Waals surface area contributed by atoms with Gasteiger partial charge in [0.15, 0.2) is 5.78 Å². The molecule has 272 valence electrons. The highest BCUT2D eigenvalue weighted by Gasteiger charge is 2.42. The number of carbonyl (C=O) groups is 6. The number of fused-ring (bicyclic) bond motifs is 1. The van der Waals surface area contributed by atoms with Crippen LogP contribution in [-0.2, 0) is 41.7 Å². The first-order valence-corrected chi connectivity index (χ1v) is 17.8. The Labute approximate surface area is 290 Å². The predicted octanol–water partition coefficient (Wildman–Crippen LogP) is 0.921. The molecule has 0 bridgehead atoms. The molecule has 9 N–H and O–H groups in total. The maximum absolute atomic E-state index is 14.1. The fourth-order valence-corrected chi connectivity index (χ4v) is 7.06. The van der Waals surface area contributed by atoms with Crippen molar-refractivity contribution in [3.63, 3.8) is 0 Å². The summed E-state index contributed by atoms with van der Waals surface area (Å²) in [6, 6.07) is 2.19. The summed E-state index contributed by atoms with van der Waals surface area (Å²) >= 11 is 0. The maximum atomic E-state index is 14.1. The number of ketones is 1. The number of carbonyl (C=O) groups excluding carboxylic acids is 6. The Balaban J connectivity index is 1.90. The second-order valence-corrected chi connectivity index (χ2v) is 14.2. The number of imide groups is 2. The molecule has 1 saturated carbocycles. The number of Topliss-reactive ketones (excluding diaryl/α,β-unsaturated/α-hetero) is 1. The summed E-state index contributed by atoms with van der Waals surface area (Å²) in [6.45, 7) is 4.85. The van der Waals surface area contributed by atoms with Crippen molar-refractivity contribution in [3.8, 4) is 0 Å². The molecule has 49 heavy (non-hydrogen) atoms. The Morgan fingerprint density at radius 3 is 2.18 bits per heavy atom. The van der Waals surface area contributed by atoms with E-state index in [1.807, 2.05) is 38.1 Å². The Hall–Kier alpha value is -3.36. The first kappa shape index (κ1) is 40.1. The minimum Gasteiger partial charge on any atom is -0.330 e. The van der Waals surface area contributed by atoms with Crippen LogP contribution in [0.2, 0.25) is 0 Å². The standard InChI is InChI=1S/C36H57N7O6/c1-22(2)16-27(21-44)43(35(48)29(39)17-24-10-5-4-6-11-24)31(45)20-42(34(47)23(3)38)36(49)32(40)28(14-9-15-37)33(46)30-18-25-12-7-8-13-26(25)19-41-30/h7-8,12-13,21-24,27-30,32,41H,4-6,9-11,14-20,37-40H2,1-3H3/t23-,27-,28?,29-,30?,32-/m0/s1. The van der Waals surface area contributed by atoms with E-state index in [0.29, 0.717) is 37.0 Å². The Morgan fingerprint density at radius 2 is 1.59 bits per heavy atom. The highest BCUT2D eigenvalue weighted by Crippen LogP contribution is 2.28. The quantitative estimate of drug-likeness (QED) is 0.145. The third kappa shape index (κ3) is 10.8. The topological polar surface area (TPSA) is 225 Å². The number of rotatable bonds is 17. The van der Waals surface area contributed by atoms with E-state index in [4.69, 9.17) is 22.9 Å². The molecule has 4 amide bonds. The van der Waals surface area contributed by atoms with Gasteiger partial charge in [0.05, 0.1) is 30.2 Å². The van der Waals surface area contributed by atoms with Crippen LogP contribution < -0.4 is 28.3 Å². The molecule has 1 fully saturated rings. The van der Waals surface area contributed by atoms with Gasteiger partial charge >= 0.3 is 0 Å². The van der Waals surface area contributed by atoms with Gasteiger partial charge in [-0.1, -0.05) is 70.2 Å². The van der Waals surface area contributed by atoms with E-state index >= 15 is 0 Å². The number of hydrogen-bond acceptors (Lipinski definition) is 11. The second-order valence-electron chi connectivity index (χ2n) is 14.2. The third-order valence-corrected chi connectivity index (χ3v) is 9.78. The number of benzene rings is 1. The molecule has 6 atom stereocenters. The number of nitrogens with zero attached hydrogens (tertiary/aromatic N) is 2. The normalized spacial score (nSPS) is 19.6. The van der Waals surface area contributed by atoms with Gasteiger partial charge < -0.3 is 33.0 Å². The van der Waals surface area contributed by atoms with Crippen molar-refractivity contribution in [2.45, 2.75) is 122 Å². The van der Waals surface area contributed by atoms with Gasteiger partial charge in [-0.2, -0.15) is 0 Å². The SMILES string of the molecule is CC(C)C[C@@H](C=O)N(C(=O)CN(C(=O)[C@H](C)N)C(=O)[C@@H](N)C(CCCN)C(=O)C1Cc2ccccc2CN1)C(=O)[C@@H](N)CC1CCCCC1. The van der Waals surface area contributed by atoms with Gasteiger partial charge in [-0.3, -0.25) is 33.8 Å². The van der Waals surface area contributed by atoms with E-state index in [1.165, 1.54) is 6.92 Å². The van der Waals surface area contributed by atoms with Crippen LogP contribution in [0.1, 0.15) is 89.7 Å². The molecule has 2 aliphatic rings. The number of hydrogen-bond donors (Lipinski definition) is 5. The van der Waals surface area contributed by atoms with Crippen LogP contribution in [0, 0.1) is 17.8 Å². The van der Waals surface area contributed by atoms with Gasteiger partial charge in [0.25, 0.3) is 0 Å². The van der Waals surface area contributed by atoms with Crippen LogP contribution in [0.15, 0.2) is 24.3 Å². The lowest BCUT2D eigenvalue weighted by atomic mass is 9.82. The number of amides is 4. The summed E-state index contributed by atoms with van der Waals surface area (Å²) in [5, 5.41) is 3.24. The lowest BCUT2D eigenvalue weighted by Crippen LogP contribution is -2.60. The fourth-order valence-electron chi connectivity index (χ4n) is 7.06. The van der Waals surface area contributed by atoms with Crippen molar-refractivity contribution in [1.29, 1.82) is 0 Å². The minimum atomic E-state index is -1.51. The van der Waals surface area contributed by atoms with Gasteiger partial charge in [-0.05, 0) is 68.5 Å². The van der Waals surface area contributed by atoms with Crippen LogP contribution in [-0.4, -0.2) is 88.8 Å². The lowest BCUT2D eigenvalue weighted by Gasteiger charge is -2.35. The third-order valence-electron chi connectivity index (χ3n) is 9.78. The maximum Gasteiger partial charge on any atom is 0.250 e. The summed E-state index contributed by atoms with van der Waals surface area (Å²) in [5.41, 5.74) is 26.7. The van der Waals surface area contributed by atoms with Crippen LogP contribution in [0.4, 0.5) is 0 Å². The molecule has 13 nitrogen and oxygen atoms in total. The molecular formula is C36H57N7O6. The highest BCUT2D eigenvalue weighted by molar-refractivity contribution is 6.07. The van der Waals surface area contributed by atoms with Gasteiger partial charge in [0, 0.05) is 12.5 Å². The number of nitrogens with one attached hydrogen (secondary N) is 1. The highest BCUT2D eigenvalue weighted by atomic mass is 16.2. The molecule has 1 aliphatic heterocycles. The lowest BCUT2D eigenvalue weighted by molar-refractivity contribution is -0.158. The second kappa shape index (κ2) is 19.1. The van der Waals surface area contributed by atoms with E-state index in [1.54, 1.807) is 0 Å². The van der Waals surface area contributed by atoms with Crippen LogP contribution >= 0.6 is 0 Å². The summed E-state index contributed by atoms with van der Waals surface area (Å²) in [5.74, 6) is -4.75. The summed E-state index contributed by atoms with van der Waals surface area (Å²) in [4.78, 5) is 83.1. The van der Waals surface area contributed by atoms with E-state index in [9.17, 15) is 28.8 Å². The molecular weight excluding hydrogens is 626 g/mol. The zero-order valence-corrected chi connectivity index (χ0v) is 29.4. The van der Waals surface area contributed by atoms with Gasteiger partial charge in [-0.25, -0.2) is 0 Å². The Kier molecular flexibility index (Phi) is 15.7. The van der Waals surface area contributed by atoms with Gasteiger partial charge in [0.1, 0.15) is 12.8 Å². The summed E-state index contributed by atoms with van der Waals surface area (Å²) < 4.78 is 0. The molecule has 0 radical (unpaired) electrons. The van der Waals surface area contributed by atoms with Gasteiger partial charge in [-0.15, -0.1) is 0 Å². The molecule has 0 spiro atoms. The van der Waals surface area contributed by atoms with Crippen molar-refractivity contribution in [1.82, 2.24) is 15.1 Å². The molecule has 1 heterocycles. The van der Waals surface area contributed by atoms with Gasteiger partial charge in [0.2, 0.25) is 23.6 Å². The molecule has 3 rings (SSSR count). The Bertz CT molecular complexity index is 1310. The molecule has 1 aromatic rings. The van der Waals surface area contributed by atoms with Crippen molar-refractivity contribution in [3.05, 3.63) is 35.4 Å². The molecule has 0 aromatic heterocycles. The number of nitrogens with two attached hydrogens (primary N) is 4. The zero-order valence-electron chi connectivity index (χ0n) is 29.4. The van der Waals surface area contributed by atoms with E-state index in [2.05, 4.69) is 5.32 Å². The zero-order chi connectivity index (χ0) is 36.2. The summed E-state index contributed by atoms with van der Waals surface area (Å²) in [6.07, 6.45) is 7.05. The molecule has 1 aromatic carbocycles. The fraction of sp³-hybridized carbons (Fsp3) is 0.667. The van der Waals surface area contributed by atoms with E-state index in [0.717, 1.165) is 48.1 Å². The van der Waals surface area contributed by atoms with Crippen molar-refractivity contribution < 1.29 is 28.8 Å². The van der Waals surface area contributed by atoms with Crippen molar-refractivity contribution in [2.24, 2.45) is 40.7 Å². The van der Waals surface area contributed by atoms with Crippen LogP contribution in [0.25, 0.3) is 0 Å². The molecule has 13 heteroatoms. The van der Waals surface area contributed by atoms with Crippen LogP contribution in [0.3, 0.4) is 0 Å². The van der Waals surface area contributed by atoms with Crippen molar-refractivity contribution in [2.75, 3.05) is 13.1 Å². The van der Waals surface area contributed by atoms with Crippen LogP contribution in [0.5, 0.6) is 0 Å². The average Bonchev–Trinajstić information content (AvgIpc) is 3.09. The molecule has 0 saturated heterocycles. The number of aldehydes is 1. The van der Waals surface area contributed by atoms with E-state index < -0.39 is 66.3 Å². The monoisotopic (exact) mass is 683 g/mol. The predicted molar refractivity (Wildman–Crippen MR) is 186 cm³/mol. The average molecular weight is 684 g/mol. The Morgan fingerprint density at radius 1 is 0.939 bits per heavy atom. The first-order chi connectivity index (χ1) is 23.3. The first-order valence-electron chi connectivity index (χ1n) is 17.8. The van der Waals surface area contributed by atoms with Crippen molar-refractivity contribution >= 4 is 35.7 Å². The molecule has 1 aliphatic carbocycles. The largest absolute Gasteiger partial charge is 0.330 e. The smallest absolute Gasteiger partial charge is 0.250 e. The summed E-state index contributed by atoms with van der Waals surface area (Å²) in [7, 11) is 0.